The van der Waals surface area contributed by atoms with E-state index in [0.29, 0.717) is 0 Å². The molecule has 0 aromatic rings. The zero-order chi connectivity index (χ0) is 67.4. The van der Waals surface area contributed by atoms with Crippen molar-refractivity contribution in [3.8, 4) is 0 Å². The Bertz CT molecular complexity index is 2540. The molecule has 0 aromatic carbocycles. The minimum absolute atomic E-state index is 0.0390. The van der Waals surface area contributed by atoms with Gasteiger partial charge in [-0.3, -0.25) is 71.9 Å². The first kappa shape index (κ1) is 77.7. The highest BCUT2D eigenvalue weighted by Crippen LogP contribution is 2.19. The quantitative estimate of drug-likeness (QED) is 0.0254. The zero-order valence-electron chi connectivity index (χ0n) is 48.9. The molecule has 1 heterocycles. The van der Waals surface area contributed by atoms with Crippen LogP contribution in [-0.4, -0.2) is 258 Å². The van der Waals surface area contributed by atoms with Crippen LogP contribution in [0.5, 0.6) is 0 Å². The second-order valence-electron chi connectivity index (χ2n) is 20.9. The van der Waals surface area contributed by atoms with Gasteiger partial charge in [-0.15, -0.1) is 0 Å². The molecular formula is C50H81N13O24S. The summed E-state index contributed by atoms with van der Waals surface area (Å²) in [5.41, 5.74) is 5.66. The van der Waals surface area contributed by atoms with Crippen molar-refractivity contribution in [3.63, 3.8) is 0 Å². The third kappa shape index (κ3) is 26.3. The lowest BCUT2D eigenvalue weighted by molar-refractivity contribution is -0.145. The van der Waals surface area contributed by atoms with Gasteiger partial charge in [-0.1, -0.05) is 27.7 Å². The number of hydrogen-bond acceptors (Lipinski definition) is 22. The first-order valence-electron chi connectivity index (χ1n) is 27.4. The number of carbonyl (C=O) groups is 16. The van der Waals surface area contributed by atoms with Crippen LogP contribution in [-0.2, 0) is 76.7 Å². The number of amides is 12. The summed E-state index contributed by atoms with van der Waals surface area (Å²) in [6.07, 6.45) is -7.04. The molecule has 1 saturated heterocycles. The second kappa shape index (κ2) is 38.1. The van der Waals surface area contributed by atoms with Gasteiger partial charge in [0, 0.05) is 25.1 Å². The second-order valence-corrected chi connectivity index (χ2v) is 21.3. The minimum Gasteiger partial charge on any atom is -0.481 e. The highest BCUT2D eigenvalue weighted by Gasteiger charge is 2.41. The Morgan fingerprint density at radius 1 is 0.489 bits per heavy atom. The Kier molecular flexibility index (Phi) is 33.6. The van der Waals surface area contributed by atoms with Crippen molar-refractivity contribution in [2.75, 3.05) is 38.6 Å². The van der Waals surface area contributed by atoms with Gasteiger partial charge in [-0.25, -0.2) is 4.79 Å². The van der Waals surface area contributed by atoms with Crippen molar-refractivity contribution in [3.05, 3.63) is 0 Å². The lowest BCUT2D eigenvalue weighted by Gasteiger charge is -2.30. The Labute approximate surface area is 508 Å². The fraction of sp³-hybridized carbons (Fsp3) is 0.680. The summed E-state index contributed by atoms with van der Waals surface area (Å²) in [5, 5.41) is 101. The van der Waals surface area contributed by atoms with E-state index in [2.05, 4.69) is 44.5 Å². The van der Waals surface area contributed by atoms with Crippen LogP contribution in [0.15, 0.2) is 0 Å². The number of nitrogens with zero attached hydrogens (tertiary/aromatic N) is 1. The largest absolute Gasteiger partial charge is 0.481 e. The number of hydrogen-bond donors (Lipinski definition) is 21. The van der Waals surface area contributed by atoms with Crippen molar-refractivity contribution < 1.29 is 118 Å². The molecule has 0 aliphatic carbocycles. The molecule has 0 bridgehead atoms. The monoisotopic (exact) mass is 1280 g/mol. The SMILES string of the molecule is CC(C)[C@H](NC(=O)CNC(=O)[C@@H]1CCCN1C(=O)[C@H](CO)NC(=O)[C@@H](NC(=O)[C@@H](NC(=O)[C@@H](N)CS)[C@@H](C)O)C(C)C)C(=O)N[C@@H](CCC(=O)O)C(=O)N[C@@H](CC(=O)O)C(=O)N[C@@H](CO)C(=O)N[C@@H](CCC(=O)O)C(=O)NCC(=O)N[C@H](C(=O)O)[C@@H](C)O. The number of aliphatic carboxylic acids is 4. The number of aliphatic hydroxyl groups is 4. The van der Waals surface area contributed by atoms with Gasteiger partial charge in [-0.2, -0.15) is 12.6 Å². The van der Waals surface area contributed by atoms with E-state index in [1.807, 2.05) is 26.6 Å². The van der Waals surface area contributed by atoms with Crippen LogP contribution in [0.1, 0.15) is 86.5 Å². The van der Waals surface area contributed by atoms with Gasteiger partial charge >= 0.3 is 23.9 Å². The summed E-state index contributed by atoms with van der Waals surface area (Å²) in [5.74, 6) is -21.4. The molecule has 0 saturated carbocycles. The van der Waals surface area contributed by atoms with E-state index in [1.54, 1.807) is 0 Å². The van der Waals surface area contributed by atoms with E-state index in [1.165, 1.54) is 34.6 Å². The summed E-state index contributed by atoms with van der Waals surface area (Å²) in [6, 6.07) is -18.4. The molecule has 0 spiro atoms. The minimum atomic E-state index is -2.17. The summed E-state index contributed by atoms with van der Waals surface area (Å²) in [4.78, 5) is 207. The Hall–Kier alpha value is -8.33. The Balaban J connectivity index is 3.21. The van der Waals surface area contributed by atoms with E-state index < -0.39 is 244 Å². The number of carboxylic acids is 4. The first-order chi connectivity index (χ1) is 41.0. The predicted octanol–water partition coefficient (Wildman–Crippen LogP) is -9.82. The molecule has 1 aliphatic rings. The molecule has 496 valence electrons. The van der Waals surface area contributed by atoms with Crippen LogP contribution in [0.3, 0.4) is 0 Å². The number of carboxylic acid groups (broad SMARTS) is 4. The number of nitrogens with one attached hydrogen (secondary N) is 11. The van der Waals surface area contributed by atoms with Gasteiger partial charge in [0.2, 0.25) is 70.9 Å². The van der Waals surface area contributed by atoms with Gasteiger partial charge < -0.3 is 110 Å². The van der Waals surface area contributed by atoms with E-state index >= 15 is 0 Å². The fourth-order valence-corrected chi connectivity index (χ4v) is 8.32. The summed E-state index contributed by atoms with van der Waals surface area (Å²) >= 11 is 3.93. The van der Waals surface area contributed by atoms with E-state index in [0.717, 1.165) is 11.8 Å². The van der Waals surface area contributed by atoms with Crippen LogP contribution in [0.25, 0.3) is 0 Å². The zero-order valence-corrected chi connectivity index (χ0v) is 49.8. The maximum absolute atomic E-state index is 13.8. The lowest BCUT2D eigenvalue weighted by atomic mass is 10.0. The van der Waals surface area contributed by atoms with E-state index in [9.17, 15) is 118 Å². The van der Waals surface area contributed by atoms with Crippen LogP contribution < -0.4 is 64.2 Å². The standard InChI is InChI=1S/C50H81N13O24S/c1-20(2)36(59-31(68)16-53-45(81)30-8-7-13-63(30)49(85)29(18-65)58-47(83)37(21(3)4)61-48(84)38(22(5)66)62-40(76)24(51)19-88)46(82)55-26(10-12-34(72)73)42(78)56-27(14-35(74)75)43(79)57-28(17-64)44(80)54-25(9-11-33(70)71)41(77)52-15-32(69)60-39(23(6)67)50(86)87/h20-30,36-39,64-67,88H,7-19,51H2,1-6H3,(H,52,77)(H,53,81)(H,54,80)(H,55,82)(H,56,78)(H,57,79)(H,58,83)(H,59,68)(H,60,69)(H,61,84)(H,62,76)(H,70,71)(H,72,73)(H,74,75)(H,86,87)/t22-,23-,24+,25+,26+,27+,28+,29+,30+,36+,37+,38+,39+/m1/s1. The van der Waals surface area contributed by atoms with Gasteiger partial charge in [0.15, 0.2) is 6.04 Å². The van der Waals surface area contributed by atoms with Crippen molar-refractivity contribution in [2.24, 2.45) is 17.6 Å². The molecule has 1 fully saturated rings. The van der Waals surface area contributed by atoms with Crippen LogP contribution in [0, 0.1) is 11.8 Å². The molecule has 21 N–H and O–H groups in total. The molecule has 38 heteroatoms. The Morgan fingerprint density at radius 2 is 0.898 bits per heavy atom. The predicted molar refractivity (Wildman–Crippen MR) is 301 cm³/mol. The van der Waals surface area contributed by atoms with Gasteiger partial charge in [0.25, 0.3) is 0 Å². The van der Waals surface area contributed by atoms with Crippen LogP contribution in [0.4, 0.5) is 0 Å². The molecule has 1 aliphatic heterocycles. The molecule has 1 rings (SSSR count). The average Bonchev–Trinajstić information content (AvgIpc) is 4.03. The summed E-state index contributed by atoms with van der Waals surface area (Å²) in [6.45, 7) is 4.03. The third-order valence-electron chi connectivity index (χ3n) is 13.0. The van der Waals surface area contributed by atoms with Crippen molar-refractivity contribution >= 4 is 107 Å². The van der Waals surface area contributed by atoms with Crippen molar-refractivity contribution in [1.82, 2.24) is 63.4 Å². The normalized spacial score (nSPS) is 16.9. The summed E-state index contributed by atoms with van der Waals surface area (Å²) in [7, 11) is 0. The number of thiol groups is 1. The molecule has 0 unspecified atom stereocenters. The number of carbonyl (C=O) groups excluding carboxylic acids is 12. The van der Waals surface area contributed by atoms with Crippen molar-refractivity contribution in [2.45, 2.75) is 165 Å². The molecule has 88 heavy (non-hydrogen) atoms. The van der Waals surface area contributed by atoms with Gasteiger partial charge in [-0.05, 0) is 51.4 Å². The fourth-order valence-electron chi connectivity index (χ4n) is 8.15. The number of nitrogens with two attached hydrogens (primary N) is 1. The highest BCUT2D eigenvalue weighted by molar-refractivity contribution is 7.80. The molecule has 13 atom stereocenters. The lowest BCUT2D eigenvalue weighted by Crippen LogP contribution is -2.62. The highest BCUT2D eigenvalue weighted by atomic mass is 32.1. The molecule has 0 radical (unpaired) electrons. The van der Waals surface area contributed by atoms with Crippen LogP contribution in [0.2, 0.25) is 0 Å². The average molecular weight is 1280 g/mol. The van der Waals surface area contributed by atoms with Crippen LogP contribution >= 0.6 is 12.6 Å². The molecule has 12 amide bonds. The third-order valence-corrected chi connectivity index (χ3v) is 13.4. The molecular weight excluding hydrogens is 1200 g/mol. The maximum Gasteiger partial charge on any atom is 0.328 e. The molecule has 37 nitrogen and oxygen atoms in total. The topological polar surface area (TPSA) is 597 Å². The number of rotatable bonds is 39. The summed E-state index contributed by atoms with van der Waals surface area (Å²) < 4.78 is 0. The number of likely N-dealkylation sites (tertiary alicyclic amines) is 1. The number of aliphatic hydroxyl groups excluding tert-OH is 4. The van der Waals surface area contributed by atoms with E-state index in [-0.39, 0.29) is 25.1 Å². The van der Waals surface area contributed by atoms with E-state index in [4.69, 9.17) is 5.73 Å². The van der Waals surface area contributed by atoms with Gasteiger partial charge in [0.05, 0.1) is 51.0 Å². The van der Waals surface area contributed by atoms with Gasteiger partial charge in [0.1, 0.15) is 54.4 Å². The maximum atomic E-state index is 13.8. The molecule has 0 aromatic heterocycles. The first-order valence-corrected chi connectivity index (χ1v) is 28.0. The Morgan fingerprint density at radius 3 is 1.36 bits per heavy atom. The smallest absolute Gasteiger partial charge is 0.328 e. The van der Waals surface area contributed by atoms with Crippen molar-refractivity contribution in [1.29, 1.82) is 0 Å².